The van der Waals surface area contributed by atoms with Crippen LogP contribution >= 0.6 is 0 Å². The van der Waals surface area contributed by atoms with Crippen molar-refractivity contribution in [1.29, 1.82) is 0 Å². The van der Waals surface area contributed by atoms with Crippen molar-refractivity contribution in [3.63, 3.8) is 0 Å². The standard InChI is InChI=1S/C8H16O3.C4H6O2/c1-7(2)6-11-8-9-4-3-5-10-8;1-3(2)4(5)6/h7-8H,3-6H2,1-2H3;1H2,2H3,(H,5,6). The van der Waals surface area contributed by atoms with Crippen LogP contribution < -0.4 is 0 Å². The van der Waals surface area contributed by atoms with Gasteiger partial charge in [-0.25, -0.2) is 4.79 Å². The largest absolute Gasteiger partial charge is 0.478 e. The first kappa shape index (κ1) is 16.1. The first-order valence-electron chi connectivity index (χ1n) is 5.67. The SMILES string of the molecule is C=C(C)C(=O)O.CC(C)COC1OCCCO1. The van der Waals surface area contributed by atoms with Crippen LogP contribution in [0.4, 0.5) is 0 Å². The number of rotatable bonds is 4. The molecule has 100 valence electrons. The molecule has 1 N–H and O–H groups in total. The maximum absolute atomic E-state index is 9.60. The number of carboxylic acid groups (broad SMARTS) is 1. The third-order valence-electron chi connectivity index (χ3n) is 1.73. The molecule has 1 rings (SSSR count). The van der Waals surface area contributed by atoms with Crippen molar-refractivity contribution in [3.8, 4) is 0 Å². The zero-order valence-electron chi connectivity index (χ0n) is 10.8. The highest BCUT2D eigenvalue weighted by Gasteiger charge is 2.14. The molecule has 1 aliphatic heterocycles. The molecule has 0 bridgehead atoms. The molecule has 0 saturated carbocycles. The van der Waals surface area contributed by atoms with Crippen LogP contribution in [-0.2, 0) is 19.0 Å². The summed E-state index contributed by atoms with van der Waals surface area (Å²) in [5.41, 5.74) is 0.176. The summed E-state index contributed by atoms with van der Waals surface area (Å²) in [6.45, 7) is 10.6. The number of carboxylic acids is 1. The topological polar surface area (TPSA) is 65.0 Å². The van der Waals surface area contributed by atoms with Crippen LogP contribution in [0.5, 0.6) is 0 Å². The summed E-state index contributed by atoms with van der Waals surface area (Å²) in [4.78, 5) is 9.60. The first-order chi connectivity index (χ1) is 7.93. The van der Waals surface area contributed by atoms with Gasteiger partial charge in [0, 0.05) is 5.57 Å². The van der Waals surface area contributed by atoms with E-state index in [-0.39, 0.29) is 5.57 Å². The fourth-order valence-corrected chi connectivity index (χ4v) is 0.833. The summed E-state index contributed by atoms with van der Waals surface area (Å²) >= 11 is 0. The summed E-state index contributed by atoms with van der Waals surface area (Å²) in [6, 6.07) is 0. The zero-order chi connectivity index (χ0) is 13.3. The van der Waals surface area contributed by atoms with Gasteiger partial charge in [0.25, 0.3) is 6.48 Å². The van der Waals surface area contributed by atoms with E-state index in [2.05, 4.69) is 20.4 Å². The van der Waals surface area contributed by atoms with E-state index in [0.717, 1.165) is 19.6 Å². The van der Waals surface area contributed by atoms with E-state index < -0.39 is 12.4 Å². The van der Waals surface area contributed by atoms with Crippen LogP contribution in [0.1, 0.15) is 27.2 Å². The lowest BCUT2D eigenvalue weighted by Gasteiger charge is -2.23. The van der Waals surface area contributed by atoms with E-state index in [9.17, 15) is 4.79 Å². The van der Waals surface area contributed by atoms with Gasteiger partial charge >= 0.3 is 5.97 Å². The minimum atomic E-state index is -0.935. The Morgan fingerprint density at radius 1 is 1.47 bits per heavy atom. The van der Waals surface area contributed by atoms with Gasteiger partial charge in [-0.05, 0) is 19.3 Å². The maximum atomic E-state index is 9.60. The number of aliphatic carboxylic acids is 1. The predicted molar refractivity (Wildman–Crippen MR) is 63.5 cm³/mol. The molecule has 0 aliphatic carbocycles. The zero-order valence-corrected chi connectivity index (χ0v) is 10.8. The average Bonchev–Trinajstić information content (AvgIpc) is 2.28. The minimum absolute atomic E-state index is 0.176. The Labute approximate surface area is 102 Å². The number of ether oxygens (including phenoxy) is 3. The molecule has 1 saturated heterocycles. The molecule has 0 amide bonds. The van der Waals surface area contributed by atoms with Gasteiger partial charge in [0.15, 0.2) is 0 Å². The highest BCUT2D eigenvalue weighted by atomic mass is 16.8. The summed E-state index contributed by atoms with van der Waals surface area (Å²) in [5.74, 6) is -0.404. The Hall–Kier alpha value is -0.910. The van der Waals surface area contributed by atoms with E-state index in [4.69, 9.17) is 19.3 Å². The second-order valence-electron chi connectivity index (χ2n) is 4.20. The molecule has 0 aromatic rings. The summed E-state index contributed by atoms with van der Waals surface area (Å²) in [5, 5.41) is 7.89. The van der Waals surface area contributed by atoms with Crippen LogP contribution in [0, 0.1) is 5.92 Å². The Morgan fingerprint density at radius 3 is 2.29 bits per heavy atom. The molecule has 1 heterocycles. The van der Waals surface area contributed by atoms with Gasteiger partial charge in [0.05, 0.1) is 19.8 Å². The number of carbonyl (C=O) groups is 1. The fraction of sp³-hybridized carbons (Fsp3) is 0.750. The van der Waals surface area contributed by atoms with Crippen molar-refractivity contribution in [1.82, 2.24) is 0 Å². The minimum Gasteiger partial charge on any atom is -0.478 e. The van der Waals surface area contributed by atoms with E-state index >= 15 is 0 Å². The lowest BCUT2D eigenvalue weighted by molar-refractivity contribution is -0.312. The second-order valence-corrected chi connectivity index (χ2v) is 4.20. The van der Waals surface area contributed by atoms with E-state index in [0.29, 0.717) is 12.5 Å². The van der Waals surface area contributed by atoms with Crippen molar-refractivity contribution >= 4 is 5.97 Å². The van der Waals surface area contributed by atoms with E-state index in [1.165, 1.54) is 6.92 Å². The van der Waals surface area contributed by atoms with Gasteiger partial charge in [-0.15, -0.1) is 0 Å². The fourth-order valence-electron chi connectivity index (χ4n) is 0.833. The second kappa shape index (κ2) is 9.15. The molecule has 17 heavy (non-hydrogen) atoms. The van der Waals surface area contributed by atoms with Gasteiger partial charge in [-0.3, -0.25) is 0 Å². The Morgan fingerprint density at radius 2 is 1.94 bits per heavy atom. The van der Waals surface area contributed by atoms with Crippen molar-refractivity contribution in [2.45, 2.75) is 33.7 Å². The third kappa shape index (κ3) is 9.99. The molecule has 0 unspecified atom stereocenters. The van der Waals surface area contributed by atoms with Crippen LogP contribution in [0.2, 0.25) is 0 Å². The van der Waals surface area contributed by atoms with Crippen LogP contribution in [0.25, 0.3) is 0 Å². The van der Waals surface area contributed by atoms with Gasteiger partial charge < -0.3 is 19.3 Å². The van der Waals surface area contributed by atoms with Crippen LogP contribution in [-0.4, -0.2) is 37.4 Å². The number of hydrogen-bond donors (Lipinski definition) is 1. The lowest BCUT2D eigenvalue weighted by atomic mass is 10.2. The Bertz CT molecular complexity index is 219. The lowest BCUT2D eigenvalue weighted by Crippen LogP contribution is -2.28. The molecule has 0 aromatic heterocycles. The molecule has 0 aromatic carbocycles. The molecule has 5 nitrogen and oxygen atoms in total. The van der Waals surface area contributed by atoms with Gasteiger partial charge in [0.1, 0.15) is 0 Å². The van der Waals surface area contributed by atoms with Gasteiger partial charge in [-0.1, -0.05) is 20.4 Å². The predicted octanol–water partition coefficient (Wildman–Crippen LogP) is 2.03. The molecule has 1 fully saturated rings. The molecular formula is C12H22O5. The van der Waals surface area contributed by atoms with Crippen molar-refractivity contribution in [2.24, 2.45) is 5.92 Å². The van der Waals surface area contributed by atoms with Crippen LogP contribution in [0.15, 0.2) is 12.2 Å². The number of hydrogen-bond acceptors (Lipinski definition) is 4. The molecule has 1 aliphatic rings. The van der Waals surface area contributed by atoms with Gasteiger partial charge in [-0.2, -0.15) is 0 Å². The highest BCUT2D eigenvalue weighted by Crippen LogP contribution is 2.07. The van der Waals surface area contributed by atoms with Crippen molar-refractivity contribution < 1.29 is 24.1 Å². The first-order valence-corrected chi connectivity index (χ1v) is 5.67. The maximum Gasteiger partial charge on any atom is 0.330 e. The third-order valence-corrected chi connectivity index (χ3v) is 1.73. The summed E-state index contributed by atoms with van der Waals surface area (Å²) < 4.78 is 15.7. The van der Waals surface area contributed by atoms with Crippen molar-refractivity contribution in [3.05, 3.63) is 12.2 Å². The van der Waals surface area contributed by atoms with E-state index in [1.54, 1.807) is 0 Å². The van der Waals surface area contributed by atoms with Crippen LogP contribution in [0.3, 0.4) is 0 Å². The summed E-state index contributed by atoms with van der Waals surface area (Å²) in [6.07, 6.45) is 0.974. The van der Waals surface area contributed by atoms with Gasteiger partial charge in [0.2, 0.25) is 0 Å². The van der Waals surface area contributed by atoms with Crippen molar-refractivity contribution in [2.75, 3.05) is 19.8 Å². The summed E-state index contributed by atoms with van der Waals surface area (Å²) in [7, 11) is 0. The Kier molecular flexibility index (Phi) is 8.66. The molecule has 0 atom stereocenters. The molecule has 0 radical (unpaired) electrons. The van der Waals surface area contributed by atoms with E-state index in [1.807, 2.05) is 0 Å². The average molecular weight is 246 g/mol. The molecular weight excluding hydrogens is 224 g/mol. The smallest absolute Gasteiger partial charge is 0.330 e. The monoisotopic (exact) mass is 246 g/mol. The molecule has 0 spiro atoms. The Balaban J connectivity index is 0.000000366. The molecule has 5 heteroatoms. The normalized spacial score (nSPS) is 16.2. The highest BCUT2D eigenvalue weighted by molar-refractivity contribution is 5.84. The quantitative estimate of drug-likeness (QED) is 0.769.